The van der Waals surface area contributed by atoms with E-state index in [0.717, 1.165) is 16.9 Å². The standard InChI is InChI=1S/C13H15N3/c1-9(2)16-12-8-10(3)4-5-11(12)15-13(16)6-7-14/h4-5,8-9H,6H2,1-3H3. The van der Waals surface area contributed by atoms with Crippen molar-refractivity contribution in [2.24, 2.45) is 0 Å². The van der Waals surface area contributed by atoms with Crippen LogP contribution in [0, 0.1) is 18.3 Å². The van der Waals surface area contributed by atoms with Gasteiger partial charge in [0.2, 0.25) is 0 Å². The molecule has 0 saturated carbocycles. The molecule has 16 heavy (non-hydrogen) atoms. The largest absolute Gasteiger partial charge is 0.325 e. The van der Waals surface area contributed by atoms with E-state index < -0.39 is 0 Å². The average Bonchev–Trinajstić information content (AvgIpc) is 2.55. The summed E-state index contributed by atoms with van der Waals surface area (Å²) in [6.45, 7) is 6.30. The molecule has 2 rings (SSSR count). The Bertz CT molecular complexity index is 558. The third kappa shape index (κ3) is 1.67. The monoisotopic (exact) mass is 213 g/mol. The molecule has 0 aliphatic carbocycles. The number of nitrogens with zero attached hydrogens (tertiary/aromatic N) is 3. The summed E-state index contributed by atoms with van der Waals surface area (Å²) >= 11 is 0. The van der Waals surface area contributed by atoms with Crippen molar-refractivity contribution in [3.63, 3.8) is 0 Å². The van der Waals surface area contributed by atoms with Gasteiger partial charge in [0.1, 0.15) is 5.82 Å². The highest BCUT2D eigenvalue weighted by Gasteiger charge is 2.12. The lowest BCUT2D eigenvalue weighted by molar-refractivity contribution is 0.593. The van der Waals surface area contributed by atoms with Gasteiger partial charge in [0.25, 0.3) is 0 Å². The van der Waals surface area contributed by atoms with Gasteiger partial charge in [-0.2, -0.15) is 5.26 Å². The Balaban J connectivity index is 2.73. The van der Waals surface area contributed by atoms with Crippen LogP contribution in [0.2, 0.25) is 0 Å². The van der Waals surface area contributed by atoms with Gasteiger partial charge in [-0.05, 0) is 38.5 Å². The molecule has 1 heterocycles. The third-order valence-electron chi connectivity index (χ3n) is 2.67. The van der Waals surface area contributed by atoms with Gasteiger partial charge in [0.05, 0.1) is 23.5 Å². The quantitative estimate of drug-likeness (QED) is 0.769. The van der Waals surface area contributed by atoms with Gasteiger partial charge in [-0.3, -0.25) is 0 Å². The summed E-state index contributed by atoms with van der Waals surface area (Å²) in [6, 6.07) is 8.70. The summed E-state index contributed by atoms with van der Waals surface area (Å²) < 4.78 is 2.14. The molecule has 0 unspecified atom stereocenters. The van der Waals surface area contributed by atoms with Crippen molar-refractivity contribution in [3.8, 4) is 6.07 Å². The molecule has 1 aromatic heterocycles. The van der Waals surface area contributed by atoms with E-state index in [-0.39, 0.29) is 0 Å². The zero-order valence-corrected chi connectivity index (χ0v) is 9.86. The van der Waals surface area contributed by atoms with Crippen LogP contribution < -0.4 is 0 Å². The molecule has 3 nitrogen and oxygen atoms in total. The molecule has 2 aromatic rings. The van der Waals surface area contributed by atoms with E-state index in [1.807, 2.05) is 6.07 Å². The van der Waals surface area contributed by atoms with E-state index in [9.17, 15) is 0 Å². The maximum Gasteiger partial charge on any atom is 0.124 e. The van der Waals surface area contributed by atoms with Gasteiger partial charge in [-0.25, -0.2) is 4.98 Å². The summed E-state index contributed by atoms with van der Waals surface area (Å²) in [4.78, 5) is 4.51. The van der Waals surface area contributed by atoms with E-state index >= 15 is 0 Å². The molecule has 0 aliphatic rings. The first-order chi connectivity index (χ1) is 7.63. The molecule has 0 bridgehead atoms. The van der Waals surface area contributed by atoms with Gasteiger partial charge in [-0.1, -0.05) is 6.07 Å². The molecule has 0 radical (unpaired) electrons. The molecule has 82 valence electrons. The summed E-state index contributed by atoms with van der Waals surface area (Å²) in [7, 11) is 0. The molecular formula is C13H15N3. The maximum atomic E-state index is 8.80. The van der Waals surface area contributed by atoms with E-state index in [1.165, 1.54) is 5.56 Å². The lowest BCUT2D eigenvalue weighted by Crippen LogP contribution is -2.05. The number of imidazole rings is 1. The normalized spacial score (nSPS) is 10.9. The summed E-state index contributed by atoms with van der Waals surface area (Å²) in [5.41, 5.74) is 3.32. The van der Waals surface area contributed by atoms with Crippen molar-refractivity contribution >= 4 is 11.0 Å². The first-order valence-electron chi connectivity index (χ1n) is 5.48. The smallest absolute Gasteiger partial charge is 0.124 e. The second kappa shape index (κ2) is 3.97. The maximum absolute atomic E-state index is 8.80. The van der Waals surface area contributed by atoms with Crippen LogP contribution in [0.4, 0.5) is 0 Å². The number of nitriles is 1. The van der Waals surface area contributed by atoms with Crippen molar-refractivity contribution < 1.29 is 0 Å². The lowest BCUT2D eigenvalue weighted by atomic mass is 10.2. The highest BCUT2D eigenvalue weighted by Crippen LogP contribution is 2.22. The number of hydrogen-bond acceptors (Lipinski definition) is 2. The minimum absolute atomic E-state index is 0.329. The molecule has 0 aliphatic heterocycles. The van der Waals surface area contributed by atoms with Crippen molar-refractivity contribution in [3.05, 3.63) is 29.6 Å². The van der Waals surface area contributed by atoms with E-state index in [4.69, 9.17) is 5.26 Å². The number of hydrogen-bond donors (Lipinski definition) is 0. The fraction of sp³-hybridized carbons (Fsp3) is 0.385. The van der Waals surface area contributed by atoms with Gasteiger partial charge >= 0.3 is 0 Å². The summed E-state index contributed by atoms with van der Waals surface area (Å²) in [5.74, 6) is 0.859. The second-order valence-corrected chi connectivity index (χ2v) is 4.32. The second-order valence-electron chi connectivity index (χ2n) is 4.32. The SMILES string of the molecule is Cc1ccc2nc(CC#N)n(C(C)C)c2c1. The van der Waals surface area contributed by atoms with Crippen LogP contribution in [-0.2, 0) is 6.42 Å². The fourth-order valence-electron chi connectivity index (χ4n) is 2.02. The first kappa shape index (κ1) is 10.7. The average molecular weight is 213 g/mol. The Morgan fingerprint density at radius 2 is 2.19 bits per heavy atom. The van der Waals surface area contributed by atoms with E-state index in [0.29, 0.717) is 12.5 Å². The van der Waals surface area contributed by atoms with Gasteiger partial charge < -0.3 is 4.57 Å². The number of aryl methyl sites for hydroxylation is 1. The van der Waals surface area contributed by atoms with Gasteiger partial charge in [0.15, 0.2) is 0 Å². The van der Waals surface area contributed by atoms with Crippen molar-refractivity contribution in [2.45, 2.75) is 33.2 Å². The zero-order chi connectivity index (χ0) is 11.7. The predicted molar refractivity (Wildman–Crippen MR) is 64.2 cm³/mol. The molecule has 0 atom stereocenters. The highest BCUT2D eigenvalue weighted by atomic mass is 15.1. The molecule has 1 aromatic carbocycles. The van der Waals surface area contributed by atoms with E-state index in [2.05, 4.69) is 48.5 Å². The van der Waals surface area contributed by atoms with Crippen molar-refractivity contribution in [1.29, 1.82) is 5.26 Å². The van der Waals surface area contributed by atoms with Crippen LogP contribution in [-0.4, -0.2) is 9.55 Å². The number of benzene rings is 1. The molecule has 0 amide bonds. The summed E-state index contributed by atoms with van der Waals surface area (Å²) in [6.07, 6.45) is 0.367. The number of aromatic nitrogens is 2. The minimum Gasteiger partial charge on any atom is -0.325 e. The Kier molecular flexibility index (Phi) is 2.66. The lowest BCUT2D eigenvalue weighted by Gasteiger charge is -2.11. The van der Waals surface area contributed by atoms with Crippen LogP contribution in [0.1, 0.15) is 31.3 Å². The molecule has 0 N–H and O–H groups in total. The Hall–Kier alpha value is -1.82. The van der Waals surface area contributed by atoms with E-state index in [1.54, 1.807) is 0 Å². The molecule has 0 spiro atoms. The zero-order valence-electron chi connectivity index (χ0n) is 9.86. The van der Waals surface area contributed by atoms with Gasteiger partial charge in [-0.15, -0.1) is 0 Å². The number of fused-ring (bicyclic) bond motifs is 1. The molecule has 0 fully saturated rings. The van der Waals surface area contributed by atoms with Gasteiger partial charge in [0, 0.05) is 6.04 Å². The van der Waals surface area contributed by atoms with Crippen molar-refractivity contribution in [2.75, 3.05) is 0 Å². The highest BCUT2D eigenvalue weighted by molar-refractivity contribution is 5.77. The fourth-order valence-corrected chi connectivity index (χ4v) is 2.02. The summed E-state index contributed by atoms with van der Waals surface area (Å²) in [5, 5.41) is 8.80. The topological polar surface area (TPSA) is 41.6 Å². The van der Waals surface area contributed by atoms with Crippen LogP contribution >= 0.6 is 0 Å². The van der Waals surface area contributed by atoms with Crippen LogP contribution in [0.5, 0.6) is 0 Å². The van der Waals surface area contributed by atoms with Crippen LogP contribution in [0.3, 0.4) is 0 Å². The Morgan fingerprint density at radius 1 is 1.44 bits per heavy atom. The third-order valence-corrected chi connectivity index (χ3v) is 2.67. The number of rotatable bonds is 2. The minimum atomic E-state index is 0.329. The molecule has 3 heteroatoms. The van der Waals surface area contributed by atoms with Crippen LogP contribution in [0.15, 0.2) is 18.2 Å². The molecule has 0 saturated heterocycles. The Labute approximate surface area is 95.3 Å². The van der Waals surface area contributed by atoms with Crippen molar-refractivity contribution in [1.82, 2.24) is 9.55 Å². The predicted octanol–water partition coefficient (Wildman–Crippen LogP) is 2.99. The first-order valence-corrected chi connectivity index (χ1v) is 5.48. The molecular weight excluding hydrogens is 198 g/mol. The Morgan fingerprint density at radius 3 is 2.81 bits per heavy atom. The van der Waals surface area contributed by atoms with Crippen LogP contribution in [0.25, 0.3) is 11.0 Å².